The van der Waals surface area contributed by atoms with E-state index in [1.54, 1.807) is 7.11 Å². The van der Waals surface area contributed by atoms with Crippen LogP contribution in [-0.2, 0) is 11.2 Å². The number of ether oxygens (including phenoxy) is 1. The van der Waals surface area contributed by atoms with E-state index in [0.717, 1.165) is 18.7 Å². The molecule has 0 bridgehead atoms. The minimum Gasteiger partial charge on any atom is -0.373 e. The molecule has 0 amide bonds. The van der Waals surface area contributed by atoms with Crippen molar-refractivity contribution >= 4 is 0 Å². The van der Waals surface area contributed by atoms with Crippen LogP contribution in [0.5, 0.6) is 0 Å². The molecule has 1 aromatic rings. The molecule has 5 nitrogen and oxygen atoms in total. The Hall–Kier alpha value is -0.940. The average molecular weight is 267 g/mol. The van der Waals surface area contributed by atoms with Gasteiger partial charge in [-0.05, 0) is 26.3 Å². The van der Waals surface area contributed by atoms with Crippen LogP contribution in [0, 0.1) is 0 Å². The Bertz CT molecular complexity index is 382. The van der Waals surface area contributed by atoms with Crippen molar-refractivity contribution in [3.05, 3.63) is 11.7 Å². The fourth-order valence-electron chi connectivity index (χ4n) is 2.96. The molecule has 1 atom stereocenters. The minimum atomic E-state index is -0.0607. The Labute approximate surface area is 115 Å². The second kappa shape index (κ2) is 6.48. The lowest BCUT2D eigenvalue weighted by Gasteiger charge is -2.36. The lowest BCUT2D eigenvalue weighted by atomic mass is 9.79. The van der Waals surface area contributed by atoms with Gasteiger partial charge in [-0.1, -0.05) is 31.3 Å². The highest BCUT2D eigenvalue weighted by Gasteiger charge is 2.32. The van der Waals surface area contributed by atoms with E-state index in [2.05, 4.69) is 22.4 Å². The van der Waals surface area contributed by atoms with Gasteiger partial charge in [-0.25, -0.2) is 0 Å². The van der Waals surface area contributed by atoms with Gasteiger partial charge in [0.15, 0.2) is 0 Å². The van der Waals surface area contributed by atoms with E-state index < -0.39 is 0 Å². The van der Waals surface area contributed by atoms with Gasteiger partial charge in [0.05, 0.1) is 0 Å². The van der Waals surface area contributed by atoms with Crippen LogP contribution in [0.15, 0.2) is 4.52 Å². The molecule has 0 aromatic carbocycles. The molecule has 5 heteroatoms. The lowest BCUT2D eigenvalue weighted by molar-refractivity contribution is 0.0903. The van der Waals surface area contributed by atoms with Crippen LogP contribution in [0.1, 0.15) is 63.3 Å². The molecule has 1 aromatic heterocycles. The highest BCUT2D eigenvalue weighted by atomic mass is 16.5. The van der Waals surface area contributed by atoms with Crippen molar-refractivity contribution in [1.82, 2.24) is 15.5 Å². The molecule has 2 rings (SSSR count). The van der Waals surface area contributed by atoms with Crippen LogP contribution in [0.25, 0.3) is 0 Å². The Kier molecular flexibility index (Phi) is 4.93. The van der Waals surface area contributed by atoms with E-state index in [0.29, 0.717) is 5.82 Å². The third kappa shape index (κ3) is 3.34. The van der Waals surface area contributed by atoms with Crippen molar-refractivity contribution < 1.29 is 9.26 Å². The first kappa shape index (κ1) is 14.5. The van der Waals surface area contributed by atoms with E-state index in [9.17, 15) is 0 Å². The molecule has 1 heterocycles. The van der Waals surface area contributed by atoms with Crippen molar-refractivity contribution in [3.63, 3.8) is 0 Å². The molecule has 0 saturated heterocycles. The smallest absolute Gasteiger partial charge is 0.228 e. The van der Waals surface area contributed by atoms with Crippen LogP contribution in [0.2, 0.25) is 0 Å². The Morgan fingerprint density at radius 2 is 2.11 bits per heavy atom. The summed E-state index contributed by atoms with van der Waals surface area (Å²) in [6.45, 7) is 2.06. The monoisotopic (exact) mass is 267 g/mol. The quantitative estimate of drug-likeness (QED) is 0.858. The lowest BCUT2D eigenvalue weighted by Crippen LogP contribution is -2.46. The summed E-state index contributed by atoms with van der Waals surface area (Å²) in [6, 6.07) is 0. The van der Waals surface area contributed by atoms with Gasteiger partial charge in [0.25, 0.3) is 0 Å². The van der Waals surface area contributed by atoms with Gasteiger partial charge >= 0.3 is 0 Å². The van der Waals surface area contributed by atoms with Gasteiger partial charge in [0.1, 0.15) is 6.10 Å². The molecular weight excluding hydrogens is 242 g/mol. The summed E-state index contributed by atoms with van der Waals surface area (Å²) in [4.78, 5) is 4.50. The van der Waals surface area contributed by atoms with Crippen LogP contribution >= 0.6 is 0 Å². The van der Waals surface area contributed by atoms with Crippen LogP contribution < -0.4 is 5.32 Å². The molecule has 19 heavy (non-hydrogen) atoms. The van der Waals surface area contributed by atoms with E-state index in [1.165, 1.54) is 32.1 Å². The average Bonchev–Trinajstić information content (AvgIpc) is 2.89. The summed E-state index contributed by atoms with van der Waals surface area (Å²) in [6.07, 6.45) is 7.86. The molecule has 1 saturated carbocycles. The number of aromatic nitrogens is 2. The maximum Gasteiger partial charge on any atom is 0.228 e. The minimum absolute atomic E-state index is 0.0607. The number of methoxy groups -OCH3 is 1. The normalized spacial score (nSPS) is 20.4. The topological polar surface area (TPSA) is 60.2 Å². The summed E-state index contributed by atoms with van der Waals surface area (Å²) in [7, 11) is 3.72. The summed E-state index contributed by atoms with van der Waals surface area (Å²) >= 11 is 0. The molecule has 1 unspecified atom stereocenters. The number of likely N-dealkylation sites (N-methyl/N-ethyl adjacent to an activating group) is 1. The predicted molar refractivity (Wildman–Crippen MR) is 72.9 cm³/mol. The SMILES string of the molecule is CCC(OC)c1noc(CC2(NC)CCCCC2)n1. The van der Waals surface area contributed by atoms with Crippen LogP contribution in [0.4, 0.5) is 0 Å². The van der Waals surface area contributed by atoms with Crippen LogP contribution in [-0.4, -0.2) is 29.8 Å². The fourth-order valence-corrected chi connectivity index (χ4v) is 2.96. The van der Waals surface area contributed by atoms with E-state index >= 15 is 0 Å². The number of nitrogens with zero attached hydrogens (tertiary/aromatic N) is 2. The number of nitrogens with one attached hydrogen (secondary N) is 1. The standard InChI is InChI=1S/C14H25N3O2/c1-4-11(18-3)13-16-12(19-17-13)10-14(15-2)8-6-5-7-9-14/h11,15H,4-10H2,1-3H3. The maximum absolute atomic E-state index is 5.40. The largest absolute Gasteiger partial charge is 0.373 e. The molecule has 108 valence electrons. The molecule has 0 spiro atoms. The fraction of sp³-hybridized carbons (Fsp3) is 0.857. The number of hydrogen-bond acceptors (Lipinski definition) is 5. The molecule has 1 aliphatic rings. The van der Waals surface area contributed by atoms with E-state index in [-0.39, 0.29) is 11.6 Å². The summed E-state index contributed by atoms with van der Waals surface area (Å²) in [5, 5.41) is 7.52. The van der Waals surface area contributed by atoms with Crippen molar-refractivity contribution in [2.45, 2.75) is 63.5 Å². The third-order valence-electron chi connectivity index (χ3n) is 4.26. The molecular formula is C14H25N3O2. The first-order valence-corrected chi connectivity index (χ1v) is 7.27. The third-order valence-corrected chi connectivity index (χ3v) is 4.26. The molecule has 1 N–H and O–H groups in total. The van der Waals surface area contributed by atoms with Crippen molar-refractivity contribution in [3.8, 4) is 0 Å². The molecule has 0 radical (unpaired) electrons. The summed E-state index contributed by atoms with van der Waals surface area (Å²) in [5.41, 5.74) is 0.136. The second-order valence-electron chi connectivity index (χ2n) is 5.45. The first-order valence-electron chi connectivity index (χ1n) is 7.27. The number of hydrogen-bond donors (Lipinski definition) is 1. The Morgan fingerprint density at radius 3 is 2.68 bits per heavy atom. The van der Waals surface area contributed by atoms with Crippen molar-refractivity contribution in [1.29, 1.82) is 0 Å². The molecule has 1 fully saturated rings. The van der Waals surface area contributed by atoms with Gasteiger partial charge < -0.3 is 14.6 Å². The van der Waals surface area contributed by atoms with Gasteiger partial charge in [-0.3, -0.25) is 0 Å². The van der Waals surface area contributed by atoms with Gasteiger partial charge in [0, 0.05) is 19.1 Å². The zero-order chi connectivity index (χ0) is 13.7. The van der Waals surface area contributed by atoms with Gasteiger partial charge in [-0.2, -0.15) is 4.98 Å². The zero-order valence-corrected chi connectivity index (χ0v) is 12.2. The Balaban J connectivity index is 2.05. The van der Waals surface area contributed by atoms with Gasteiger partial charge in [-0.15, -0.1) is 0 Å². The zero-order valence-electron chi connectivity index (χ0n) is 12.2. The molecule has 0 aliphatic heterocycles. The molecule has 1 aliphatic carbocycles. The predicted octanol–water partition coefficient (Wildman–Crippen LogP) is 2.63. The Morgan fingerprint density at radius 1 is 1.37 bits per heavy atom. The van der Waals surface area contributed by atoms with Crippen LogP contribution in [0.3, 0.4) is 0 Å². The summed E-state index contributed by atoms with van der Waals surface area (Å²) < 4.78 is 10.7. The first-order chi connectivity index (χ1) is 9.23. The van der Waals surface area contributed by atoms with Gasteiger partial charge in [0.2, 0.25) is 11.7 Å². The highest BCUT2D eigenvalue weighted by Crippen LogP contribution is 2.31. The van der Waals surface area contributed by atoms with Crippen molar-refractivity contribution in [2.75, 3.05) is 14.2 Å². The number of rotatable bonds is 6. The van der Waals surface area contributed by atoms with E-state index in [4.69, 9.17) is 9.26 Å². The maximum atomic E-state index is 5.40. The van der Waals surface area contributed by atoms with Crippen molar-refractivity contribution in [2.24, 2.45) is 0 Å². The van der Waals surface area contributed by atoms with E-state index in [1.807, 2.05) is 7.05 Å². The summed E-state index contributed by atoms with van der Waals surface area (Å²) in [5.74, 6) is 1.39. The highest BCUT2D eigenvalue weighted by molar-refractivity contribution is 5.00. The second-order valence-corrected chi connectivity index (χ2v) is 5.45.